The Morgan fingerprint density at radius 1 is 1.14 bits per heavy atom. The smallest absolute Gasteiger partial charge is 0.411 e. The van der Waals surface area contributed by atoms with E-state index in [1.54, 1.807) is 22.8 Å². The standard InChI is InChI=1S/C31H31ClN8O3/c1-19(2)43-31(41)35-24-10-6-21(7-11-24)27-16-33-30(36-27)26(14-20-4-5-20)29-12-8-22(17-40(29)42-3)25-15-23(32)9-13-28(25)39-18-34-37-38-39/h6-13,15-20,26H,4-5,14H2,1-3H3,(H-,33,35,36,37,38,41)/p+1. The largest absolute Gasteiger partial charge is 0.447 e. The molecule has 2 aromatic carbocycles. The zero-order valence-corrected chi connectivity index (χ0v) is 24.8. The molecular formula is C31H32ClN8O3+. The summed E-state index contributed by atoms with van der Waals surface area (Å²) in [6.07, 6.45) is 8.05. The number of halogens is 1. The third-order valence-corrected chi connectivity index (χ3v) is 7.58. The van der Waals surface area contributed by atoms with Crippen LogP contribution in [0.3, 0.4) is 0 Å². The molecule has 1 aliphatic rings. The summed E-state index contributed by atoms with van der Waals surface area (Å²) >= 11 is 6.39. The number of carbonyl (C=O) groups excluding carboxylic acids is 1. The van der Waals surface area contributed by atoms with Crippen molar-refractivity contribution < 1.29 is 19.1 Å². The van der Waals surface area contributed by atoms with Crippen molar-refractivity contribution in [3.05, 3.63) is 89.9 Å². The van der Waals surface area contributed by atoms with Gasteiger partial charge >= 0.3 is 6.09 Å². The van der Waals surface area contributed by atoms with Crippen LogP contribution in [0, 0.1) is 5.92 Å². The number of H-pyrrole nitrogens is 1. The van der Waals surface area contributed by atoms with Gasteiger partial charge in [-0.1, -0.05) is 36.6 Å². The maximum Gasteiger partial charge on any atom is 0.411 e. The molecule has 1 aliphatic carbocycles. The van der Waals surface area contributed by atoms with Crippen LogP contribution >= 0.6 is 11.6 Å². The Kier molecular flexibility index (Phi) is 8.06. The number of amides is 1. The lowest BCUT2D eigenvalue weighted by Gasteiger charge is -2.14. The number of tetrazole rings is 1. The molecule has 0 aliphatic heterocycles. The van der Waals surface area contributed by atoms with Crippen LogP contribution < -0.4 is 14.9 Å². The molecule has 1 saturated carbocycles. The highest BCUT2D eigenvalue weighted by Crippen LogP contribution is 2.41. The molecule has 1 amide bonds. The summed E-state index contributed by atoms with van der Waals surface area (Å²) < 4.78 is 8.57. The van der Waals surface area contributed by atoms with Crippen molar-refractivity contribution in [2.24, 2.45) is 5.92 Å². The zero-order chi connectivity index (χ0) is 29.9. The quantitative estimate of drug-likeness (QED) is 0.200. The number of hydrogen-bond donors (Lipinski definition) is 2. The minimum Gasteiger partial charge on any atom is -0.447 e. The van der Waals surface area contributed by atoms with Crippen molar-refractivity contribution >= 4 is 23.4 Å². The molecule has 0 saturated heterocycles. The predicted octanol–water partition coefficient (Wildman–Crippen LogP) is 5.61. The molecule has 220 valence electrons. The molecule has 2 N–H and O–H groups in total. The summed E-state index contributed by atoms with van der Waals surface area (Å²) in [4.78, 5) is 26.2. The lowest BCUT2D eigenvalue weighted by atomic mass is 9.95. The van der Waals surface area contributed by atoms with Crippen molar-refractivity contribution in [3.8, 4) is 28.1 Å². The van der Waals surface area contributed by atoms with Gasteiger partial charge in [-0.3, -0.25) is 10.2 Å². The molecule has 0 bridgehead atoms. The van der Waals surface area contributed by atoms with Gasteiger partial charge in [0.25, 0.3) is 0 Å². The van der Waals surface area contributed by atoms with Gasteiger partial charge in [0.05, 0.1) is 29.2 Å². The van der Waals surface area contributed by atoms with E-state index in [2.05, 4.69) is 38.0 Å². The Morgan fingerprint density at radius 3 is 2.63 bits per heavy atom. The van der Waals surface area contributed by atoms with Gasteiger partial charge in [0.1, 0.15) is 25.2 Å². The van der Waals surface area contributed by atoms with Gasteiger partial charge in [-0.15, -0.1) is 5.10 Å². The summed E-state index contributed by atoms with van der Waals surface area (Å²) in [5, 5.41) is 15.0. The van der Waals surface area contributed by atoms with E-state index in [9.17, 15) is 4.79 Å². The van der Waals surface area contributed by atoms with Crippen molar-refractivity contribution in [3.63, 3.8) is 0 Å². The fraction of sp³-hybridized carbons (Fsp3) is 0.290. The van der Waals surface area contributed by atoms with E-state index in [0.29, 0.717) is 16.6 Å². The number of rotatable bonds is 10. The van der Waals surface area contributed by atoms with E-state index in [0.717, 1.165) is 46.0 Å². The highest BCUT2D eigenvalue weighted by Gasteiger charge is 2.35. The molecule has 5 aromatic rings. The second-order valence-corrected chi connectivity index (χ2v) is 11.3. The van der Waals surface area contributed by atoms with Crippen LogP contribution in [-0.2, 0) is 4.74 Å². The SMILES string of the molecule is CO[n+]1cc(-c2cc(Cl)ccc2-n2cnnn2)ccc1C(CC1CC1)c1ncc(-c2ccc(NC(=O)OC(C)C)cc2)[nH]1. The number of aromatic nitrogens is 7. The minimum absolute atomic E-state index is 0.0136. The van der Waals surface area contributed by atoms with Gasteiger partial charge in [-0.25, -0.2) is 9.78 Å². The van der Waals surface area contributed by atoms with Gasteiger partial charge in [0.2, 0.25) is 11.9 Å². The van der Waals surface area contributed by atoms with E-state index < -0.39 is 6.09 Å². The van der Waals surface area contributed by atoms with Gasteiger partial charge in [0, 0.05) is 27.1 Å². The third-order valence-electron chi connectivity index (χ3n) is 7.34. The van der Waals surface area contributed by atoms with Crippen LogP contribution in [0.5, 0.6) is 0 Å². The maximum absolute atomic E-state index is 11.9. The second-order valence-electron chi connectivity index (χ2n) is 10.8. The van der Waals surface area contributed by atoms with Crippen molar-refractivity contribution in [1.82, 2.24) is 30.2 Å². The lowest BCUT2D eigenvalue weighted by molar-refractivity contribution is -0.890. The molecule has 12 heteroatoms. The lowest BCUT2D eigenvalue weighted by Crippen LogP contribution is -2.45. The third kappa shape index (κ3) is 6.51. The van der Waals surface area contributed by atoms with Crippen LogP contribution in [-0.4, -0.2) is 49.5 Å². The van der Waals surface area contributed by atoms with Gasteiger partial charge in [-0.05, 0) is 78.6 Å². The van der Waals surface area contributed by atoms with Crippen molar-refractivity contribution in [2.45, 2.75) is 45.1 Å². The predicted molar refractivity (Wildman–Crippen MR) is 161 cm³/mol. The fourth-order valence-corrected chi connectivity index (χ4v) is 5.28. The van der Waals surface area contributed by atoms with Crippen LogP contribution in [0.1, 0.15) is 50.5 Å². The maximum atomic E-state index is 11.9. The number of imidazole rings is 1. The Hall–Kier alpha value is -4.77. The topological polar surface area (TPSA) is 124 Å². The summed E-state index contributed by atoms with van der Waals surface area (Å²) in [7, 11) is 1.65. The number of aromatic amines is 1. The molecule has 3 aromatic heterocycles. The van der Waals surface area contributed by atoms with E-state index >= 15 is 0 Å². The highest BCUT2D eigenvalue weighted by molar-refractivity contribution is 6.31. The number of ether oxygens (including phenoxy) is 1. The summed E-state index contributed by atoms with van der Waals surface area (Å²) in [5.41, 5.74) is 6.04. The molecule has 0 radical (unpaired) electrons. The summed E-state index contributed by atoms with van der Waals surface area (Å²) in [5.74, 6) is 1.49. The van der Waals surface area contributed by atoms with Crippen molar-refractivity contribution in [2.75, 3.05) is 12.4 Å². The normalized spacial score (nSPS) is 13.6. The van der Waals surface area contributed by atoms with Gasteiger partial charge in [-0.2, -0.15) is 4.68 Å². The van der Waals surface area contributed by atoms with Crippen LogP contribution in [0.15, 0.2) is 73.3 Å². The van der Waals surface area contributed by atoms with Crippen LogP contribution in [0.4, 0.5) is 10.5 Å². The molecule has 43 heavy (non-hydrogen) atoms. The molecule has 11 nitrogen and oxygen atoms in total. The zero-order valence-electron chi connectivity index (χ0n) is 24.1. The highest BCUT2D eigenvalue weighted by atomic mass is 35.5. The minimum atomic E-state index is -0.478. The fourth-order valence-electron chi connectivity index (χ4n) is 5.10. The Bertz CT molecular complexity index is 1720. The van der Waals surface area contributed by atoms with E-state index in [1.807, 2.05) is 68.7 Å². The average Bonchev–Trinajstić information content (AvgIpc) is 3.42. The second kappa shape index (κ2) is 12.2. The number of nitrogens with zero attached hydrogens (tertiary/aromatic N) is 6. The first-order valence-electron chi connectivity index (χ1n) is 14.1. The van der Waals surface area contributed by atoms with E-state index in [4.69, 9.17) is 26.2 Å². The van der Waals surface area contributed by atoms with E-state index in [-0.39, 0.29) is 12.0 Å². The van der Waals surface area contributed by atoms with Crippen molar-refractivity contribution in [1.29, 1.82) is 0 Å². The van der Waals surface area contributed by atoms with Gasteiger partial charge < -0.3 is 9.72 Å². The Labute approximate surface area is 253 Å². The Balaban J connectivity index is 1.29. The molecule has 6 rings (SSSR count). The van der Waals surface area contributed by atoms with E-state index in [1.165, 1.54) is 12.8 Å². The number of hydrogen-bond acceptors (Lipinski definition) is 7. The van der Waals surface area contributed by atoms with Crippen LogP contribution in [0.25, 0.3) is 28.1 Å². The first-order valence-corrected chi connectivity index (χ1v) is 14.5. The number of anilines is 1. The summed E-state index contributed by atoms with van der Waals surface area (Å²) in [6.45, 7) is 3.62. The molecule has 1 unspecified atom stereocenters. The summed E-state index contributed by atoms with van der Waals surface area (Å²) in [6, 6.07) is 17.3. The number of carbonyl (C=O) groups is 1. The van der Waals surface area contributed by atoms with Gasteiger partial charge in [0.15, 0.2) is 0 Å². The molecule has 1 atom stereocenters. The monoisotopic (exact) mass is 599 g/mol. The molecule has 3 heterocycles. The molecule has 1 fully saturated rings. The first kappa shape index (κ1) is 28.4. The molecule has 0 spiro atoms. The first-order chi connectivity index (χ1) is 20.9. The number of pyridine rings is 1. The number of nitrogens with one attached hydrogen (secondary N) is 2. The average molecular weight is 600 g/mol. The molecular weight excluding hydrogens is 568 g/mol. The number of benzene rings is 2. The Morgan fingerprint density at radius 2 is 1.93 bits per heavy atom. The van der Waals surface area contributed by atoms with Crippen LogP contribution in [0.2, 0.25) is 5.02 Å².